The third-order valence-corrected chi connectivity index (χ3v) is 8.98. The molecule has 0 radical (unpaired) electrons. The number of nitrogens with two attached hydrogens (primary N) is 1. The van der Waals surface area contributed by atoms with E-state index in [1.165, 1.54) is 29.2 Å². The summed E-state index contributed by atoms with van der Waals surface area (Å²) in [4.78, 5) is 13.0. The van der Waals surface area contributed by atoms with E-state index in [4.69, 9.17) is 4.42 Å². The van der Waals surface area contributed by atoms with Crippen LogP contribution in [0.15, 0.2) is 71.1 Å². The van der Waals surface area contributed by atoms with E-state index in [0.29, 0.717) is 0 Å². The van der Waals surface area contributed by atoms with E-state index in [9.17, 15) is 4.79 Å². The zero-order valence-corrected chi connectivity index (χ0v) is 29.5. The second kappa shape index (κ2) is 19.0. The highest BCUT2D eigenvalue weighted by molar-refractivity contribution is 6.02. The zero-order valence-electron chi connectivity index (χ0n) is 29.5. The van der Waals surface area contributed by atoms with Gasteiger partial charge in [-0.2, -0.15) is 0 Å². The van der Waals surface area contributed by atoms with Crippen LogP contribution >= 0.6 is 0 Å². The van der Waals surface area contributed by atoms with Crippen LogP contribution in [-0.4, -0.2) is 76.3 Å². The molecule has 4 rings (SSSR count). The number of carbonyl (C=O) groups excluding carboxylic acids is 1. The summed E-state index contributed by atoms with van der Waals surface area (Å²) in [5.41, 5.74) is 10.2. The van der Waals surface area contributed by atoms with Crippen LogP contribution < -0.4 is 25.9 Å². The van der Waals surface area contributed by atoms with Gasteiger partial charge in [-0.15, -0.1) is 0 Å². The quantitative estimate of drug-likeness (QED) is 0.109. The van der Waals surface area contributed by atoms with E-state index in [-0.39, 0.29) is 5.91 Å². The van der Waals surface area contributed by atoms with Gasteiger partial charge in [0.25, 0.3) is 0 Å². The number of carbonyl (C=O) groups is 1. The molecular formula is C38H59N5O2+2. The van der Waals surface area contributed by atoms with Gasteiger partial charge in [0, 0.05) is 54.3 Å². The molecule has 0 aromatic heterocycles. The van der Waals surface area contributed by atoms with Crippen LogP contribution in [0.25, 0.3) is 33.4 Å². The minimum absolute atomic E-state index is 0.0707. The molecule has 1 aliphatic heterocycles. The van der Waals surface area contributed by atoms with Crippen molar-refractivity contribution in [3.05, 3.63) is 72.1 Å². The first-order valence-electron chi connectivity index (χ1n) is 16.9. The summed E-state index contributed by atoms with van der Waals surface area (Å²) in [5, 5.41) is 5.21. The summed E-state index contributed by atoms with van der Waals surface area (Å²) in [6.07, 6.45) is 0. The lowest BCUT2D eigenvalue weighted by Gasteiger charge is -2.35. The maximum atomic E-state index is 10.7. The van der Waals surface area contributed by atoms with E-state index in [1.807, 2.05) is 0 Å². The lowest BCUT2D eigenvalue weighted by atomic mass is 9.93. The highest BCUT2D eigenvalue weighted by Crippen LogP contribution is 2.40. The molecule has 246 valence electrons. The molecule has 1 heterocycles. The van der Waals surface area contributed by atoms with Gasteiger partial charge in [0.2, 0.25) is 11.3 Å². The van der Waals surface area contributed by atoms with Crippen LogP contribution in [0.2, 0.25) is 0 Å². The van der Waals surface area contributed by atoms with Gasteiger partial charge < -0.3 is 24.9 Å². The largest absolute Gasteiger partial charge is 0.456 e. The SMILES string of the molecule is CCN(CC)c1ccc2c(-c3ccccc3)c3ccc(=[N+](CC)CC)cc-3oc2c1.CC[N+](CC)(CC)CCNC(C)=O.CN. The fourth-order valence-corrected chi connectivity index (χ4v) is 5.97. The van der Waals surface area contributed by atoms with Crippen molar-refractivity contribution in [1.82, 2.24) is 9.89 Å². The molecule has 0 bridgehead atoms. The molecule has 1 aliphatic carbocycles. The van der Waals surface area contributed by atoms with E-state index >= 15 is 0 Å². The number of quaternary nitrogens is 1. The number of benzene rings is 3. The van der Waals surface area contributed by atoms with Crippen molar-refractivity contribution >= 4 is 22.6 Å². The maximum absolute atomic E-state index is 10.7. The third-order valence-electron chi connectivity index (χ3n) is 8.98. The van der Waals surface area contributed by atoms with Crippen molar-refractivity contribution in [1.29, 1.82) is 0 Å². The Labute approximate surface area is 272 Å². The predicted molar refractivity (Wildman–Crippen MR) is 194 cm³/mol. The van der Waals surface area contributed by atoms with Gasteiger partial charge in [-0.3, -0.25) is 4.79 Å². The number of amides is 1. The molecule has 1 amide bonds. The van der Waals surface area contributed by atoms with E-state index in [1.54, 1.807) is 6.92 Å². The fourth-order valence-electron chi connectivity index (χ4n) is 5.97. The molecule has 3 N–H and O–H groups in total. The first-order valence-corrected chi connectivity index (χ1v) is 16.9. The Hall–Kier alpha value is -3.68. The number of rotatable bonds is 12. The van der Waals surface area contributed by atoms with Crippen molar-refractivity contribution in [2.75, 3.05) is 70.9 Å². The second-order valence-electron chi connectivity index (χ2n) is 11.0. The average Bonchev–Trinajstić information content (AvgIpc) is 3.08. The summed E-state index contributed by atoms with van der Waals surface area (Å²) >= 11 is 0. The van der Waals surface area contributed by atoms with Crippen LogP contribution in [0, 0.1) is 0 Å². The number of nitrogens with zero attached hydrogens (tertiary/aromatic N) is 3. The standard InChI is InChI=1S/C27H31N2O.C10H22N2O.CH5N/c1-5-28(6-2)21-14-16-23-25(18-21)30-26-19-22(29(7-3)8-4)15-17-24(26)27(23)20-12-10-9-11-13-20;1-5-12(6-2,7-3)9-8-11-10(4)13;1-2/h9-19H,5-8H2,1-4H3;5-9H2,1-4H3;2H2,1H3/q+1;;/p+1. The highest BCUT2D eigenvalue weighted by atomic mass is 16.3. The first kappa shape index (κ1) is 37.5. The summed E-state index contributed by atoms with van der Waals surface area (Å²) in [6, 6.07) is 23.9. The van der Waals surface area contributed by atoms with Crippen LogP contribution in [0.5, 0.6) is 0 Å². The molecule has 7 heteroatoms. The monoisotopic (exact) mass is 617 g/mol. The molecule has 0 spiro atoms. The smallest absolute Gasteiger partial charge is 0.217 e. The Morgan fingerprint density at radius 3 is 2.00 bits per heavy atom. The Morgan fingerprint density at radius 2 is 1.47 bits per heavy atom. The van der Waals surface area contributed by atoms with E-state index in [0.717, 1.165) is 85.7 Å². The normalized spacial score (nSPS) is 10.9. The van der Waals surface area contributed by atoms with Crippen LogP contribution in [0.4, 0.5) is 5.69 Å². The summed E-state index contributed by atoms with van der Waals surface area (Å²) < 4.78 is 9.97. The molecule has 0 fully saturated rings. The van der Waals surface area contributed by atoms with Gasteiger partial charge in [-0.1, -0.05) is 30.3 Å². The molecule has 0 unspecified atom stereocenters. The van der Waals surface area contributed by atoms with Gasteiger partial charge in [-0.05, 0) is 79.3 Å². The van der Waals surface area contributed by atoms with Gasteiger partial charge in [-0.25, -0.2) is 4.58 Å². The van der Waals surface area contributed by atoms with Crippen LogP contribution in [-0.2, 0) is 4.79 Å². The topological polar surface area (TPSA) is 74.5 Å². The minimum atomic E-state index is 0.0707. The van der Waals surface area contributed by atoms with Crippen molar-refractivity contribution in [2.45, 2.75) is 55.4 Å². The number of likely N-dealkylation sites (N-methyl/N-ethyl adjacent to an activating group) is 1. The molecule has 0 atom stereocenters. The maximum Gasteiger partial charge on any atom is 0.217 e. The average molecular weight is 618 g/mol. The van der Waals surface area contributed by atoms with Gasteiger partial charge >= 0.3 is 0 Å². The van der Waals surface area contributed by atoms with Crippen molar-refractivity contribution in [2.24, 2.45) is 5.73 Å². The summed E-state index contributed by atoms with van der Waals surface area (Å²) in [6.45, 7) is 26.2. The summed E-state index contributed by atoms with van der Waals surface area (Å²) in [5.74, 6) is 1.00. The number of nitrogens with one attached hydrogen (secondary N) is 1. The Kier molecular flexibility index (Phi) is 15.8. The molecule has 2 aromatic carbocycles. The van der Waals surface area contributed by atoms with Crippen molar-refractivity contribution < 1.29 is 13.7 Å². The molecule has 2 aromatic rings. The second-order valence-corrected chi connectivity index (χ2v) is 11.0. The molecule has 7 nitrogen and oxygen atoms in total. The lowest BCUT2D eigenvalue weighted by molar-refractivity contribution is -0.922. The Morgan fingerprint density at radius 1 is 0.844 bits per heavy atom. The summed E-state index contributed by atoms with van der Waals surface area (Å²) in [7, 11) is 1.50. The number of anilines is 1. The fraction of sp³-hybridized carbons (Fsp3) is 0.474. The highest BCUT2D eigenvalue weighted by Gasteiger charge is 2.20. The third kappa shape index (κ3) is 9.65. The van der Waals surface area contributed by atoms with Crippen molar-refractivity contribution in [3.63, 3.8) is 0 Å². The lowest BCUT2D eigenvalue weighted by Crippen LogP contribution is -2.51. The molecule has 0 saturated carbocycles. The predicted octanol–water partition coefficient (Wildman–Crippen LogP) is 6.44. The van der Waals surface area contributed by atoms with Crippen LogP contribution in [0.1, 0.15) is 55.4 Å². The van der Waals surface area contributed by atoms with Gasteiger partial charge in [0.1, 0.15) is 24.4 Å². The van der Waals surface area contributed by atoms with Crippen molar-refractivity contribution in [3.8, 4) is 22.5 Å². The number of hydrogen-bond donors (Lipinski definition) is 2. The molecule has 2 aliphatic rings. The number of fused-ring (bicyclic) bond motifs is 2. The Bertz CT molecular complexity index is 1470. The molecular weight excluding hydrogens is 558 g/mol. The molecule has 45 heavy (non-hydrogen) atoms. The molecule has 0 saturated heterocycles. The van der Waals surface area contributed by atoms with Gasteiger partial charge in [0.15, 0.2) is 0 Å². The van der Waals surface area contributed by atoms with E-state index in [2.05, 4.69) is 136 Å². The Balaban J connectivity index is 0.000000398. The minimum Gasteiger partial charge on any atom is -0.456 e. The van der Waals surface area contributed by atoms with Gasteiger partial charge in [0.05, 0.1) is 38.8 Å². The number of hydrogen-bond acceptors (Lipinski definition) is 4. The first-order chi connectivity index (χ1) is 21.8. The van der Waals surface area contributed by atoms with E-state index < -0.39 is 0 Å². The zero-order chi connectivity index (χ0) is 33.4. The van der Waals surface area contributed by atoms with Crippen LogP contribution in [0.3, 0.4) is 0 Å².